The average Bonchev–Trinajstić information content (AvgIpc) is 2.72. The Morgan fingerprint density at radius 2 is 1.95 bits per heavy atom. The number of rotatable bonds is 4. The minimum Gasteiger partial charge on any atom is -0.329 e. The van der Waals surface area contributed by atoms with Crippen molar-refractivity contribution in [3.63, 3.8) is 0 Å². The first-order chi connectivity index (χ1) is 9.08. The van der Waals surface area contributed by atoms with Crippen molar-refractivity contribution >= 4 is 17.8 Å². The molecule has 4 heteroatoms. The highest BCUT2D eigenvalue weighted by Crippen LogP contribution is 2.27. The van der Waals surface area contributed by atoms with Gasteiger partial charge in [0.05, 0.1) is 11.3 Å². The molecule has 0 fully saturated rings. The van der Waals surface area contributed by atoms with E-state index in [1.54, 1.807) is 4.68 Å². The van der Waals surface area contributed by atoms with E-state index < -0.39 is 0 Å². The molecule has 0 saturated carbocycles. The minimum absolute atomic E-state index is 0.643. The molecule has 0 saturated heterocycles. The van der Waals surface area contributed by atoms with Crippen LogP contribution in [-0.4, -0.2) is 23.1 Å². The summed E-state index contributed by atoms with van der Waals surface area (Å²) < 4.78 is 1.74. The molecule has 0 unspecified atom stereocenters. The van der Waals surface area contributed by atoms with Crippen molar-refractivity contribution in [2.24, 2.45) is 7.05 Å². The third-order valence-electron chi connectivity index (χ3n) is 3.40. The summed E-state index contributed by atoms with van der Waals surface area (Å²) in [4.78, 5) is 13.2. The lowest BCUT2D eigenvalue weighted by atomic mass is 10.1. The van der Waals surface area contributed by atoms with Crippen LogP contribution >= 0.6 is 0 Å². The predicted molar refractivity (Wildman–Crippen MR) is 77.2 cm³/mol. The molecule has 1 aromatic heterocycles. The summed E-state index contributed by atoms with van der Waals surface area (Å²) in [5.41, 5.74) is 3.74. The molecule has 0 aliphatic heterocycles. The number of carbonyl (C=O) groups is 1. The Bertz CT molecular complexity index is 584. The van der Waals surface area contributed by atoms with E-state index in [9.17, 15) is 4.79 Å². The van der Waals surface area contributed by atoms with E-state index in [0.29, 0.717) is 5.56 Å². The second-order valence-electron chi connectivity index (χ2n) is 4.64. The Kier molecular flexibility index (Phi) is 3.69. The van der Waals surface area contributed by atoms with Gasteiger partial charge in [-0.3, -0.25) is 9.48 Å². The molecular formula is C15H19N3O. The van der Waals surface area contributed by atoms with Gasteiger partial charge in [-0.15, -0.1) is 0 Å². The van der Waals surface area contributed by atoms with Crippen molar-refractivity contribution in [3.05, 3.63) is 41.1 Å². The summed E-state index contributed by atoms with van der Waals surface area (Å²) in [7, 11) is 3.80. The zero-order chi connectivity index (χ0) is 14.0. The summed E-state index contributed by atoms with van der Waals surface area (Å²) in [6.07, 6.45) is 1.89. The molecule has 100 valence electrons. The molecule has 0 radical (unpaired) electrons. The summed E-state index contributed by atoms with van der Waals surface area (Å²) in [6, 6.07) is 8.34. The minimum atomic E-state index is 0.643. The fourth-order valence-electron chi connectivity index (χ4n) is 2.28. The highest BCUT2D eigenvalue weighted by Gasteiger charge is 2.17. The van der Waals surface area contributed by atoms with E-state index in [-0.39, 0.29) is 0 Å². The van der Waals surface area contributed by atoms with Gasteiger partial charge in [-0.1, -0.05) is 19.1 Å². The maximum Gasteiger partial charge on any atom is 0.155 e. The lowest BCUT2D eigenvalue weighted by Crippen LogP contribution is -2.15. The van der Waals surface area contributed by atoms with Gasteiger partial charge in [0.2, 0.25) is 0 Å². The zero-order valence-electron chi connectivity index (χ0n) is 11.8. The van der Waals surface area contributed by atoms with Crippen molar-refractivity contribution in [1.29, 1.82) is 0 Å². The largest absolute Gasteiger partial charge is 0.329 e. The second kappa shape index (κ2) is 5.26. The summed E-state index contributed by atoms with van der Waals surface area (Å²) in [5.74, 6) is 0.816. The first-order valence-corrected chi connectivity index (χ1v) is 6.40. The number of aromatic nitrogens is 2. The molecule has 1 aromatic carbocycles. The number of anilines is 2. The molecule has 0 N–H and O–H groups in total. The first-order valence-electron chi connectivity index (χ1n) is 6.40. The van der Waals surface area contributed by atoms with E-state index in [4.69, 9.17) is 0 Å². The Hall–Kier alpha value is -2.10. The maximum atomic E-state index is 11.2. The molecule has 0 atom stereocenters. The standard InChI is InChI=1S/C15H19N3O/c1-5-12-6-8-13(9-7-12)17(3)15-14(10-19)11(2)16-18(15)4/h6-10H,5H2,1-4H3. The topological polar surface area (TPSA) is 38.1 Å². The van der Waals surface area contributed by atoms with Gasteiger partial charge in [-0.25, -0.2) is 0 Å². The molecule has 0 amide bonds. The molecule has 4 nitrogen and oxygen atoms in total. The quantitative estimate of drug-likeness (QED) is 0.790. The van der Waals surface area contributed by atoms with Crippen LogP contribution in [0.15, 0.2) is 24.3 Å². The number of aldehydes is 1. The van der Waals surface area contributed by atoms with Crippen molar-refractivity contribution in [1.82, 2.24) is 9.78 Å². The molecule has 2 aromatic rings. The molecule has 0 bridgehead atoms. The molecule has 0 aliphatic rings. The van der Waals surface area contributed by atoms with Crippen LogP contribution in [0.2, 0.25) is 0 Å². The lowest BCUT2D eigenvalue weighted by Gasteiger charge is -2.20. The van der Waals surface area contributed by atoms with Crippen LogP contribution in [0.1, 0.15) is 28.5 Å². The highest BCUT2D eigenvalue weighted by atomic mass is 16.1. The van der Waals surface area contributed by atoms with E-state index in [2.05, 4.69) is 36.3 Å². The predicted octanol–water partition coefficient (Wildman–Crippen LogP) is 2.87. The Morgan fingerprint density at radius 3 is 2.47 bits per heavy atom. The fraction of sp³-hybridized carbons (Fsp3) is 0.333. The van der Waals surface area contributed by atoms with Crippen LogP contribution in [0.25, 0.3) is 0 Å². The molecule has 0 spiro atoms. The number of aryl methyl sites for hydroxylation is 3. The van der Waals surface area contributed by atoms with Crippen LogP contribution in [0.3, 0.4) is 0 Å². The molecule has 0 aliphatic carbocycles. The smallest absolute Gasteiger partial charge is 0.155 e. The van der Waals surface area contributed by atoms with E-state index in [1.807, 2.05) is 25.9 Å². The maximum absolute atomic E-state index is 11.2. The van der Waals surface area contributed by atoms with Gasteiger partial charge >= 0.3 is 0 Å². The Morgan fingerprint density at radius 1 is 1.32 bits per heavy atom. The second-order valence-corrected chi connectivity index (χ2v) is 4.64. The third kappa shape index (κ3) is 2.38. The SMILES string of the molecule is CCc1ccc(N(C)c2c(C=O)c(C)nn2C)cc1. The number of hydrogen-bond acceptors (Lipinski definition) is 3. The van der Waals surface area contributed by atoms with E-state index in [1.165, 1.54) is 5.56 Å². The number of benzene rings is 1. The van der Waals surface area contributed by atoms with Crippen molar-refractivity contribution in [3.8, 4) is 0 Å². The third-order valence-corrected chi connectivity index (χ3v) is 3.40. The Labute approximate surface area is 113 Å². The molecule has 2 rings (SSSR count). The van der Waals surface area contributed by atoms with Gasteiger partial charge in [0, 0.05) is 19.8 Å². The summed E-state index contributed by atoms with van der Waals surface area (Å²) in [5, 5.41) is 4.31. The highest BCUT2D eigenvalue weighted by molar-refractivity contribution is 5.86. The van der Waals surface area contributed by atoms with Crippen molar-refractivity contribution in [2.45, 2.75) is 20.3 Å². The zero-order valence-corrected chi connectivity index (χ0v) is 11.8. The monoisotopic (exact) mass is 257 g/mol. The van der Waals surface area contributed by atoms with Crippen LogP contribution in [0.5, 0.6) is 0 Å². The van der Waals surface area contributed by atoms with Gasteiger partial charge in [0.15, 0.2) is 6.29 Å². The summed E-state index contributed by atoms with van der Waals surface area (Å²) >= 11 is 0. The molecular weight excluding hydrogens is 238 g/mol. The summed E-state index contributed by atoms with van der Waals surface area (Å²) in [6.45, 7) is 3.98. The van der Waals surface area contributed by atoms with Crippen molar-refractivity contribution in [2.75, 3.05) is 11.9 Å². The molecule has 1 heterocycles. The van der Waals surface area contributed by atoms with Gasteiger partial charge < -0.3 is 4.90 Å². The van der Waals surface area contributed by atoms with Crippen molar-refractivity contribution < 1.29 is 4.79 Å². The van der Waals surface area contributed by atoms with E-state index >= 15 is 0 Å². The fourth-order valence-corrected chi connectivity index (χ4v) is 2.28. The van der Waals surface area contributed by atoms with Gasteiger partial charge in [-0.2, -0.15) is 5.10 Å². The average molecular weight is 257 g/mol. The van der Waals surface area contributed by atoms with Gasteiger partial charge in [-0.05, 0) is 31.0 Å². The van der Waals surface area contributed by atoms with Crippen LogP contribution in [-0.2, 0) is 13.5 Å². The van der Waals surface area contributed by atoms with E-state index in [0.717, 1.165) is 29.9 Å². The van der Waals surface area contributed by atoms with Gasteiger partial charge in [0.1, 0.15) is 5.82 Å². The first kappa shape index (κ1) is 13.3. The lowest BCUT2D eigenvalue weighted by molar-refractivity contribution is 0.112. The number of carbonyl (C=O) groups excluding carboxylic acids is 1. The van der Waals surface area contributed by atoms with Gasteiger partial charge in [0.25, 0.3) is 0 Å². The molecule has 19 heavy (non-hydrogen) atoms. The van der Waals surface area contributed by atoms with Crippen LogP contribution in [0, 0.1) is 6.92 Å². The Balaban J connectivity index is 2.43. The normalized spacial score (nSPS) is 10.5. The number of hydrogen-bond donors (Lipinski definition) is 0. The number of nitrogens with zero attached hydrogens (tertiary/aromatic N) is 3. The van der Waals surface area contributed by atoms with Crippen LogP contribution in [0.4, 0.5) is 11.5 Å². The van der Waals surface area contributed by atoms with Crippen LogP contribution < -0.4 is 4.90 Å².